The van der Waals surface area contributed by atoms with Gasteiger partial charge in [0, 0.05) is 24.2 Å². The molecule has 2 aliphatic carbocycles. The number of aromatic nitrogens is 4. The smallest absolute Gasteiger partial charge is 0.230 e. The van der Waals surface area contributed by atoms with Gasteiger partial charge in [-0.3, -0.25) is 4.68 Å². The molecule has 1 fully saturated rings. The van der Waals surface area contributed by atoms with Crippen LogP contribution in [0.15, 0.2) is 12.4 Å². The Labute approximate surface area is 163 Å². The summed E-state index contributed by atoms with van der Waals surface area (Å²) in [6, 6.07) is 0.530. The van der Waals surface area contributed by atoms with E-state index in [1.54, 1.807) is 10.9 Å². The molecule has 5 rings (SSSR count). The first-order chi connectivity index (χ1) is 13.3. The molecule has 0 amide bonds. The third-order valence-corrected chi connectivity index (χ3v) is 6.91. The minimum Gasteiger partial charge on any atom is -0.367 e. The quantitative estimate of drug-likeness (QED) is 0.679. The zero-order chi connectivity index (χ0) is 18.2. The molecule has 3 aromatic heterocycles. The molecule has 1 saturated carbocycles. The summed E-state index contributed by atoms with van der Waals surface area (Å²) in [4.78, 5) is 12.4. The van der Waals surface area contributed by atoms with Gasteiger partial charge in [-0.25, -0.2) is 4.98 Å². The van der Waals surface area contributed by atoms with E-state index < -0.39 is 0 Å². The number of rotatable bonds is 4. The second kappa shape index (κ2) is 7.11. The number of anilines is 3. The average molecular weight is 383 g/mol. The molecule has 3 aromatic rings. The summed E-state index contributed by atoms with van der Waals surface area (Å²) in [5.74, 6) is 1.69. The fourth-order valence-electron chi connectivity index (χ4n) is 4.37. The van der Waals surface area contributed by atoms with Crippen molar-refractivity contribution >= 4 is 39.0 Å². The van der Waals surface area contributed by atoms with E-state index in [4.69, 9.17) is 9.97 Å². The van der Waals surface area contributed by atoms with E-state index in [1.165, 1.54) is 67.2 Å². The maximum absolute atomic E-state index is 4.92. The second-order valence-electron chi connectivity index (χ2n) is 7.79. The number of hydrogen-bond acceptors (Lipinski definition) is 6. The van der Waals surface area contributed by atoms with Crippen LogP contribution in [0.1, 0.15) is 55.4 Å². The predicted molar refractivity (Wildman–Crippen MR) is 111 cm³/mol. The van der Waals surface area contributed by atoms with Crippen LogP contribution in [-0.2, 0) is 19.9 Å². The first kappa shape index (κ1) is 17.0. The van der Waals surface area contributed by atoms with Crippen LogP contribution in [0.4, 0.5) is 17.5 Å². The van der Waals surface area contributed by atoms with Crippen molar-refractivity contribution in [1.29, 1.82) is 0 Å². The summed E-state index contributed by atoms with van der Waals surface area (Å²) in [5, 5.41) is 12.6. The first-order valence-electron chi connectivity index (χ1n) is 10.1. The maximum Gasteiger partial charge on any atom is 0.230 e. The Morgan fingerprint density at radius 3 is 2.74 bits per heavy atom. The molecule has 142 valence electrons. The molecule has 0 radical (unpaired) electrons. The minimum absolute atomic E-state index is 0.530. The van der Waals surface area contributed by atoms with Crippen LogP contribution in [0.5, 0.6) is 0 Å². The van der Waals surface area contributed by atoms with E-state index in [0.717, 1.165) is 22.8 Å². The van der Waals surface area contributed by atoms with E-state index in [9.17, 15) is 0 Å². The van der Waals surface area contributed by atoms with Crippen molar-refractivity contribution in [3.8, 4) is 0 Å². The van der Waals surface area contributed by atoms with Gasteiger partial charge in [-0.15, -0.1) is 11.3 Å². The monoisotopic (exact) mass is 382 g/mol. The Morgan fingerprint density at radius 1 is 1.07 bits per heavy atom. The molecule has 7 heteroatoms. The van der Waals surface area contributed by atoms with Gasteiger partial charge in [0.25, 0.3) is 0 Å². The number of fused-ring (bicyclic) bond motifs is 3. The topological polar surface area (TPSA) is 67.7 Å². The fourth-order valence-corrected chi connectivity index (χ4v) is 5.63. The minimum atomic E-state index is 0.530. The van der Waals surface area contributed by atoms with Crippen LogP contribution in [-0.4, -0.2) is 25.8 Å². The van der Waals surface area contributed by atoms with Crippen LogP contribution in [0.3, 0.4) is 0 Å². The van der Waals surface area contributed by atoms with Gasteiger partial charge in [0.2, 0.25) is 5.95 Å². The zero-order valence-electron chi connectivity index (χ0n) is 15.8. The summed E-state index contributed by atoms with van der Waals surface area (Å²) in [7, 11) is 1.92. The first-order valence-corrected chi connectivity index (χ1v) is 10.9. The van der Waals surface area contributed by atoms with Crippen LogP contribution in [0.2, 0.25) is 0 Å². The molecule has 0 bridgehead atoms. The largest absolute Gasteiger partial charge is 0.367 e. The molecule has 3 heterocycles. The fraction of sp³-hybridized carbons (Fsp3) is 0.550. The molecule has 2 N–H and O–H groups in total. The van der Waals surface area contributed by atoms with Gasteiger partial charge in [-0.2, -0.15) is 10.1 Å². The molecule has 0 saturated heterocycles. The van der Waals surface area contributed by atoms with Crippen molar-refractivity contribution < 1.29 is 0 Å². The summed E-state index contributed by atoms with van der Waals surface area (Å²) in [6.45, 7) is 0. The molecular weight excluding hydrogens is 356 g/mol. The number of hydrogen-bond donors (Lipinski definition) is 2. The molecular formula is C20H26N6S. The van der Waals surface area contributed by atoms with E-state index in [2.05, 4.69) is 15.7 Å². The predicted octanol–water partition coefficient (Wildman–Crippen LogP) is 4.79. The van der Waals surface area contributed by atoms with E-state index in [0.29, 0.717) is 12.0 Å². The summed E-state index contributed by atoms with van der Waals surface area (Å²) in [5.41, 5.74) is 2.41. The van der Waals surface area contributed by atoms with Crippen LogP contribution in [0.25, 0.3) is 10.2 Å². The molecule has 0 aromatic carbocycles. The molecule has 27 heavy (non-hydrogen) atoms. The number of aryl methyl sites for hydroxylation is 3. The molecule has 0 atom stereocenters. The lowest BCUT2D eigenvalue weighted by Gasteiger charge is -2.24. The number of nitrogens with zero attached hydrogens (tertiary/aromatic N) is 4. The molecule has 2 aliphatic rings. The van der Waals surface area contributed by atoms with Gasteiger partial charge in [0.15, 0.2) is 0 Å². The van der Waals surface area contributed by atoms with Crippen molar-refractivity contribution in [2.24, 2.45) is 7.05 Å². The number of thiophene rings is 1. The van der Waals surface area contributed by atoms with Crippen molar-refractivity contribution in [3.05, 3.63) is 22.8 Å². The van der Waals surface area contributed by atoms with Crippen LogP contribution < -0.4 is 10.6 Å². The Kier molecular flexibility index (Phi) is 4.47. The normalized spacial score (nSPS) is 17.8. The third kappa shape index (κ3) is 3.40. The lowest BCUT2D eigenvalue weighted by molar-refractivity contribution is 0.462. The highest BCUT2D eigenvalue weighted by Crippen LogP contribution is 2.40. The molecule has 0 aliphatic heterocycles. The summed E-state index contributed by atoms with van der Waals surface area (Å²) in [6.07, 6.45) is 15.1. The van der Waals surface area contributed by atoms with E-state index in [1.807, 2.05) is 24.6 Å². The van der Waals surface area contributed by atoms with Gasteiger partial charge in [0.05, 0.1) is 17.3 Å². The van der Waals surface area contributed by atoms with Gasteiger partial charge in [0.1, 0.15) is 10.6 Å². The van der Waals surface area contributed by atoms with E-state index in [-0.39, 0.29) is 0 Å². The molecule has 6 nitrogen and oxygen atoms in total. The van der Waals surface area contributed by atoms with Gasteiger partial charge >= 0.3 is 0 Å². The van der Waals surface area contributed by atoms with Gasteiger partial charge < -0.3 is 10.6 Å². The van der Waals surface area contributed by atoms with Crippen molar-refractivity contribution in [1.82, 2.24) is 19.7 Å². The van der Waals surface area contributed by atoms with Crippen molar-refractivity contribution in [3.63, 3.8) is 0 Å². The molecule has 0 unspecified atom stereocenters. The van der Waals surface area contributed by atoms with Crippen LogP contribution in [0, 0.1) is 0 Å². The maximum atomic E-state index is 4.92. The van der Waals surface area contributed by atoms with Gasteiger partial charge in [-0.1, -0.05) is 19.3 Å². The van der Waals surface area contributed by atoms with Crippen molar-refractivity contribution in [2.45, 2.75) is 63.8 Å². The Balaban J connectivity index is 1.55. The Morgan fingerprint density at radius 2 is 1.93 bits per heavy atom. The standard InChI is InChI=1S/C20H26N6S/c1-26-12-14(11-21-26)23-20-24-18(22-13-7-3-2-4-8-13)17-15-9-5-6-10-16(15)27-19(17)25-20/h11-13H,2-10H2,1H3,(H2,22,23,24,25). The highest BCUT2D eigenvalue weighted by molar-refractivity contribution is 7.19. The second-order valence-corrected chi connectivity index (χ2v) is 8.88. The third-order valence-electron chi connectivity index (χ3n) is 5.72. The van der Waals surface area contributed by atoms with Crippen LogP contribution >= 0.6 is 11.3 Å². The SMILES string of the molecule is Cn1cc(Nc2nc(NC3CCCCC3)c3c4c(sc3n2)CCCC4)cn1. The Bertz CT molecular complexity index is 953. The van der Waals surface area contributed by atoms with Crippen molar-refractivity contribution in [2.75, 3.05) is 10.6 Å². The van der Waals surface area contributed by atoms with Gasteiger partial charge in [-0.05, 0) is 44.1 Å². The summed E-state index contributed by atoms with van der Waals surface area (Å²) >= 11 is 1.85. The zero-order valence-corrected chi connectivity index (χ0v) is 16.6. The number of nitrogens with one attached hydrogen (secondary N) is 2. The Hall–Kier alpha value is -2.15. The lowest BCUT2D eigenvalue weighted by atomic mass is 9.94. The summed E-state index contributed by atoms with van der Waals surface area (Å²) < 4.78 is 1.78. The van der Waals surface area contributed by atoms with E-state index >= 15 is 0 Å². The highest BCUT2D eigenvalue weighted by Gasteiger charge is 2.23. The average Bonchev–Trinajstić information content (AvgIpc) is 3.25. The lowest BCUT2D eigenvalue weighted by Crippen LogP contribution is -2.23. The molecule has 0 spiro atoms. The highest BCUT2D eigenvalue weighted by atomic mass is 32.1.